The van der Waals surface area contributed by atoms with E-state index in [1.54, 1.807) is 54.6 Å². The lowest BCUT2D eigenvalue weighted by atomic mass is 10.1. The van der Waals surface area contributed by atoms with Gasteiger partial charge in [-0.25, -0.2) is 4.79 Å². The second-order valence-electron chi connectivity index (χ2n) is 6.52. The van der Waals surface area contributed by atoms with E-state index in [1.165, 1.54) is 7.11 Å². The SMILES string of the molecule is COC(=O)c1ccc(COc2ccc3c(c2)O/C(=C\c2ccc(C)o2)C3=O)cc1. The summed E-state index contributed by atoms with van der Waals surface area (Å²) in [5, 5.41) is 0. The summed E-state index contributed by atoms with van der Waals surface area (Å²) in [6, 6.07) is 15.7. The Labute approximate surface area is 167 Å². The fraction of sp³-hybridized carbons (Fsp3) is 0.130. The maximum absolute atomic E-state index is 12.5. The van der Waals surface area contributed by atoms with Crippen LogP contribution in [0.4, 0.5) is 0 Å². The van der Waals surface area contributed by atoms with Crippen LogP contribution in [-0.4, -0.2) is 18.9 Å². The Kier molecular flexibility index (Phi) is 4.91. The zero-order valence-corrected chi connectivity index (χ0v) is 15.9. The van der Waals surface area contributed by atoms with Gasteiger partial charge >= 0.3 is 5.97 Å². The van der Waals surface area contributed by atoms with Gasteiger partial charge in [-0.15, -0.1) is 0 Å². The quantitative estimate of drug-likeness (QED) is 0.469. The van der Waals surface area contributed by atoms with Crippen LogP contribution in [0.15, 0.2) is 64.8 Å². The molecule has 1 aliphatic heterocycles. The van der Waals surface area contributed by atoms with Crippen LogP contribution in [0.25, 0.3) is 6.08 Å². The van der Waals surface area contributed by atoms with Gasteiger partial charge in [0.1, 0.15) is 29.6 Å². The molecule has 6 heteroatoms. The molecule has 0 bridgehead atoms. The number of allylic oxidation sites excluding steroid dienone is 1. The molecule has 0 radical (unpaired) electrons. The molecule has 4 rings (SSSR count). The average Bonchev–Trinajstić information content (AvgIpc) is 3.29. The molecule has 0 N–H and O–H groups in total. The van der Waals surface area contributed by atoms with E-state index in [-0.39, 0.29) is 17.5 Å². The number of aryl methyl sites for hydroxylation is 1. The molecule has 0 saturated heterocycles. The molecule has 1 aliphatic rings. The molecule has 0 atom stereocenters. The number of carbonyl (C=O) groups is 2. The van der Waals surface area contributed by atoms with E-state index in [0.717, 1.165) is 11.3 Å². The number of rotatable bonds is 5. The molecule has 3 aromatic rings. The van der Waals surface area contributed by atoms with Crippen LogP contribution < -0.4 is 9.47 Å². The lowest BCUT2D eigenvalue weighted by Gasteiger charge is -2.08. The van der Waals surface area contributed by atoms with Crippen molar-refractivity contribution in [2.24, 2.45) is 0 Å². The molecule has 0 unspecified atom stereocenters. The lowest BCUT2D eigenvalue weighted by molar-refractivity contribution is 0.0600. The Bertz CT molecular complexity index is 1100. The van der Waals surface area contributed by atoms with Crippen molar-refractivity contribution in [3.63, 3.8) is 0 Å². The highest BCUT2D eigenvalue weighted by Crippen LogP contribution is 2.35. The Morgan fingerprint density at radius 1 is 1.07 bits per heavy atom. The Morgan fingerprint density at radius 3 is 2.55 bits per heavy atom. The van der Waals surface area contributed by atoms with E-state index in [4.69, 9.17) is 13.9 Å². The second-order valence-corrected chi connectivity index (χ2v) is 6.52. The Balaban J connectivity index is 1.45. The summed E-state index contributed by atoms with van der Waals surface area (Å²) in [6.45, 7) is 2.14. The number of hydrogen-bond donors (Lipinski definition) is 0. The van der Waals surface area contributed by atoms with Gasteiger partial charge < -0.3 is 18.6 Å². The molecule has 0 fully saturated rings. The molecule has 1 aromatic heterocycles. The van der Waals surface area contributed by atoms with E-state index >= 15 is 0 Å². The predicted molar refractivity (Wildman–Crippen MR) is 105 cm³/mol. The van der Waals surface area contributed by atoms with Gasteiger partial charge in [-0.3, -0.25) is 4.79 Å². The van der Waals surface area contributed by atoms with Gasteiger partial charge in [-0.05, 0) is 48.9 Å². The van der Waals surface area contributed by atoms with Crippen LogP contribution in [0.1, 0.15) is 37.8 Å². The molecule has 2 heterocycles. The largest absolute Gasteiger partial charge is 0.489 e. The fourth-order valence-electron chi connectivity index (χ4n) is 2.94. The molecule has 6 nitrogen and oxygen atoms in total. The van der Waals surface area contributed by atoms with Crippen LogP contribution in [0.3, 0.4) is 0 Å². The average molecular weight is 390 g/mol. The van der Waals surface area contributed by atoms with Crippen LogP contribution in [-0.2, 0) is 11.3 Å². The zero-order chi connectivity index (χ0) is 20.4. The first-order valence-corrected chi connectivity index (χ1v) is 8.98. The number of benzene rings is 2. The lowest BCUT2D eigenvalue weighted by Crippen LogP contribution is -2.02. The first kappa shape index (κ1) is 18.6. The molecular weight excluding hydrogens is 372 g/mol. The third kappa shape index (κ3) is 3.91. The predicted octanol–water partition coefficient (Wildman–Crippen LogP) is 4.57. The van der Waals surface area contributed by atoms with Gasteiger partial charge in [0, 0.05) is 12.1 Å². The van der Waals surface area contributed by atoms with Crippen molar-refractivity contribution in [1.82, 2.24) is 0 Å². The first-order chi connectivity index (χ1) is 14.0. The molecule has 0 amide bonds. The van der Waals surface area contributed by atoms with Crippen molar-refractivity contribution in [2.75, 3.05) is 7.11 Å². The molecule has 0 aliphatic carbocycles. The van der Waals surface area contributed by atoms with E-state index < -0.39 is 0 Å². The number of hydrogen-bond acceptors (Lipinski definition) is 6. The number of ether oxygens (including phenoxy) is 3. The van der Waals surface area contributed by atoms with Crippen LogP contribution in [0.5, 0.6) is 11.5 Å². The first-order valence-electron chi connectivity index (χ1n) is 8.98. The highest BCUT2D eigenvalue weighted by molar-refractivity contribution is 6.14. The van der Waals surface area contributed by atoms with E-state index in [2.05, 4.69) is 4.74 Å². The maximum atomic E-state index is 12.5. The van der Waals surface area contributed by atoms with Crippen molar-refractivity contribution in [3.05, 3.63) is 88.6 Å². The molecule has 2 aromatic carbocycles. The molecule has 29 heavy (non-hydrogen) atoms. The standard InChI is InChI=1S/C23H18O6/c1-14-3-8-18(28-14)12-21-22(24)19-10-9-17(11-20(19)29-21)27-13-15-4-6-16(7-5-15)23(25)26-2/h3-12H,13H2,1-2H3/b21-12-. The topological polar surface area (TPSA) is 75.0 Å². The number of Topliss-reactive ketones (excluding diaryl/α,β-unsaturated/α-hetero) is 1. The second kappa shape index (κ2) is 7.67. The van der Waals surface area contributed by atoms with Gasteiger partial charge in [0.05, 0.1) is 18.2 Å². The molecule has 0 spiro atoms. The van der Waals surface area contributed by atoms with Crippen molar-refractivity contribution in [2.45, 2.75) is 13.5 Å². The Morgan fingerprint density at radius 2 is 1.86 bits per heavy atom. The summed E-state index contributed by atoms with van der Waals surface area (Å²) in [4.78, 5) is 24.0. The number of esters is 1. The van der Waals surface area contributed by atoms with Gasteiger partial charge in [-0.2, -0.15) is 0 Å². The molecular formula is C23H18O6. The van der Waals surface area contributed by atoms with Crippen LogP contribution in [0, 0.1) is 6.92 Å². The van der Waals surface area contributed by atoms with Gasteiger partial charge in [0.2, 0.25) is 5.78 Å². The summed E-state index contributed by atoms with van der Waals surface area (Å²) in [5.41, 5.74) is 1.85. The third-order valence-corrected chi connectivity index (χ3v) is 4.46. The number of methoxy groups -OCH3 is 1. The van der Waals surface area contributed by atoms with Crippen molar-refractivity contribution in [3.8, 4) is 11.5 Å². The molecule has 146 valence electrons. The highest BCUT2D eigenvalue weighted by atomic mass is 16.5. The highest BCUT2D eigenvalue weighted by Gasteiger charge is 2.28. The van der Waals surface area contributed by atoms with Crippen molar-refractivity contribution in [1.29, 1.82) is 0 Å². The number of fused-ring (bicyclic) bond motifs is 1. The summed E-state index contributed by atoms with van der Waals surface area (Å²) in [6.07, 6.45) is 1.58. The Hall–Kier alpha value is -3.80. The minimum absolute atomic E-state index is 0.195. The summed E-state index contributed by atoms with van der Waals surface area (Å²) >= 11 is 0. The number of carbonyl (C=O) groups excluding carboxylic acids is 2. The maximum Gasteiger partial charge on any atom is 0.337 e. The van der Waals surface area contributed by atoms with Crippen LogP contribution >= 0.6 is 0 Å². The third-order valence-electron chi connectivity index (χ3n) is 4.46. The van der Waals surface area contributed by atoms with Gasteiger partial charge in [0.25, 0.3) is 0 Å². The minimum atomic E-state index is -0.383. The van der Waals surface area contributed by atoms with E-state index in [9.17, 15) is 9.59 Å². The summed E-state index contributed by atoms with van der Waals surface area (Å²) in [5.74, 6) is 1.97. The van der Waals surface area contributed by atoms with Gasteiger partial charge in [0.15, 0.2) is 5.76 Å². The van der Waals surface area contributed by atoms with Crippen LogP contribution in [0.2, 0.25) is 0 Å². The fourth-order valence-corrected chi connectivity index (χ4v) is 2.94. The van der Waals surface area contributed by atoms with E-state index in [0.29, 0.717) is 35.0 Å². The van der Waals surface area contributed by atoms with Crippen molar-refractivity contribution < 1.29 is 28.2 Å². The number of furan rings is 1. The van der Waals surface area contributed by atoms with E-state index in [1.807, 2.05) is 13.0 Å². The smallest absolute Gasteiger partial charge is 0.337 e. The normalized spacial score (nSPS) is 13.9. The zero-order valence-electron chi connectivity index (χ0n) is 15.9. The summed E-state index contributed by atoms with van der Waals surface area (Å²) < 4.78 is 21.6. The summed E-state index contributed by atoms with van der Waals surface area (Å²) in [7, 11) is 1.34. The van der Waals surface area contributed by atoms with Crippen molar-refractivity contribution >= 4 is 17.8 Å². The van der Waals surface area contributed by atoms with Gasteiger partial charge in [-0.1, -0.05) is 12.1 Å². The monoisotopic (exact) mass is 390 g/mol. The number of ketones is 1. The molecule has 0 saturated carbocycles. The minimum Gasteiger partial charge on any atom is -0.489 e.